The molecule has 0 bridgehead atoms. The molecule has 1 fully saturated rings. The van der Waals surface area contributed by atoms with E-state index in [2.05, 4.69) is 15.0 Å². The first-order valence-electron chi connectivity index (χ1n) is 11.4. The van der Waals surface area contributed by atoms with Crippen LogP contribution >= 0.6 is 11.3 Å². The average molecular weight is 514 g/mol. The number of furan rings is 1. The van der Waals surface area contributed by atoms with E-state index >= 15 is 0 Å². The standard InChI is InChI=1S/C24H27N5O6S/c1-14-25-24-29(26-14)23(31)21(36-24)19(15-12-17(32-2)20(34-4)18(13-15)33-3)27-7-9-28(10-8-27)22(30)16-6-5-11-35-16/h5-6,11-13,19,31H,7-10H2,1-4H3. The number of aromatic nitrogens is 3. The van der Waals surface area contributed by atoms with Crippen molar-refractivity contribution >= 4 is 22.2 Å². The van der Waals surface area contributed by atoms with E-state index in [1.165, 1.54) is 22.1 Å². The van der Waals surface area contributed by atoms with Crippen molar-refractivity contribution < 1.29 is 28.5 Å². The van der Waals surface area contributed by atoms with E-state index in [0.29, 0.717) is 64.9 Å². The SMILES string of the molecule is COc1cc(C(c2sc3nc(C)nn3c2O)N2CCN(C(=O)c3ccco3)CC2)cc(OC)c1OC. The number of hydrogen-bond acceptors (Lipinski definition) is 10. The second kappa shape index (κ2) is 9.70. The first kappa shape index (κ1) is 23.9. The molecule has 1 atom stereocenters. The summed E-state index contributed by atoms with van der Waals surface area (Å²) in [4.78, 5) is 22.5. The summed E-state index contributed by atoms with van der Waals surface area (Å²) in [5, 5.41) is 15.5. The molecule has 12 heteroatoms. The lowest BCUT2D eigenvalue weighted by Gasteiger charge is -2.39. The van der Waals surface area contributed by atoms with Crippen LogP contribution in [0.2, 0.25) is 0 Å². The molecular formula is C24H27N5O6S. The van der Waals surface area contributed by atoms with Crippen LogP contribution in [0.25, 0.3) is 4.96 Å². The van der Waals surface area contributed by atoms with Crippen molar-refractivity contribution in [2.45, 2.75) is 13.0 Å². The molecule has 0 saturated carbocycles. The molecular weight excluding hydrogens is 486 g/mol. The molecule has 5 rings (SSSR count). The number of fused-ring (bicyclic) bond motifs is 1. The Labute approximate surface area is 211 Å². The number of rotatable bonds is 7. The van der Waals surface area contributed by atoms with Crippen LogP contribution in [0.4, 0.5) is 0 Å². The zero-order valence-corrected chi connectivity index (χ0v) is 21.2. The van der Waals surface area contributed by atoms with Gasteiger partial charge in [0.2, 0.25) is 16.6 Å². The number of carbonyl (C=O) groups is 1. The highest BCUT2D eigenvalue weighted by Crippen LogP contribution is 2.45. The van der Waals surface area contributed by atoms with Gasteiger partial charge in [-0.1, -0.05) is 11.3 Å². The number of aromatic hydroxyl groups is 1. The lowest BCUT2D eigenvalue weighted by atomic mass is 10.0. The van der Waals surface area contributed by atoms with E-state index in [-0.39, 0.29) is 17.8 Å². The van der Waals surface area contributed by atoms with E-state index in [4.69, 9.17) is 18.6 Å². The molecule has 1 amide bonds. The molecule has 1 saturated heterocycles. The predicted octanol–water partition coefficient (Wildman–Crippen LogP) is 2.97. The minimum Gasteiger partial charge on any atom is -0.493 e. The number of thiazole rings is 1. The summed E-state index contributed by atoms with van der Waals surface area (Å²) in [6.45, 7) is 3.92. The quantitative estimate of drug-likeness (QED) is 0.398. The zero-order chi connectivity index (χ0) is 25.4. The molecule has 3 aromatic heterocycles. The molecule has 11 nitrogen and oxygen atoms in total. The normalized spacial score (nSPS) is 15.3. The number of hydrogen-bond donors (Lipinski definition) is 1. The van der Waals surface area contributed by atoms with E-state index in [1.54, 1.807) is 45.3 Å². The third kappa shape index (κ3) is 4.11. The molecule has 190 valence electrons. The molecule has 0 spiro atoms. The Balaban J connectivity index is 1.54. The van der Waals surface area contributed by atoms with Gasteiger partial charge in [-0.2, -0.15) is 4.52 Å². The maximum Gasteiger partial charge on any atom is 0.289 e. The van der Waals surface area contributed by atoms with Crippen molar-refractivity contribution in [3.05, 3.63) is 52.6 Å². The number of amides is 1. The smallest absolute Gasteiger partial charge is 0.289 e. The third-order valence-electron chi connectivity index (χ3n) is 6.26. The van der Waals surface area contributed by atoms with Gasteiger partial charge in [0.05, 0.1) is 38.5 Å². The Hall–Kier alpha value is -3.77. The predicted molar refractivity (Wildman–Crippen MR) is 131 cm³/mol. The van der Waals surface area contributed by atoms with Crippen molar-refractivity contribution in [1.29, 1.82) is 0 Å². The zero-order valence-electron chi connectivity index (χ0n) is 20.4. The van der Waals surface area contributed by atoms with E-state index in [9.17, 15) is 9.90 Å². The number of nitrogens with zero attached hydrogens (tertiary/aromatic N) is 5. The number of benzene rings is 1. The van der Waals surface area contributed by atoms with Gasteiger partial charge in [0.15, 0.2) is 17.3 Å². The van der Waals surface area contributed by atoms with Crippen LogP contribution in [0.3, 0.4) is 0 Å². The Bertz CT molecular complexity index is 1350. The summed E-state index contributed by atoms with van der Waals surface area (Å²) >= 11 is 1.37. The fourth-order valence-corrected chi connectivity index (χ4v) is 5.72. The van der Waals surface area contributed by atoms with Crippen LogP contribution in [0.5, 0.6) is 23.1 Å². The Morgan fingerprint density at radius 2 is 1.81 bits per heavy atom. The van der Waals surface area contributed by atoms with Crippen LogP contribution in [-0.2, 0) is 0 Å². The van der Waals surface area contributed by atoms with Crippen LogP contribution in [0.15, 0.2) is 34.9 Å². The van der Waals surface area contributed by atoms with Gasteiger partial charge in [-0.3, -0.25) is 9.69 Å². The summed E-state index contributed by atoms with van der Waals surface area (Å²) in [6.07, 6.45) is 1.50. The van der Waals surface area contributed by atoms with Crippen LogP contribution in [-0.4, -0.2) is 82.9 Å². The number of carbonyl (C=O) groups excluding carboxylic acids is 1. The second-order valence-corrected chi connectivity index (χ2v) is 9.32. The highest BCUT2D eigenvalue weighted by atomic mass is 32.1. The maximum absolute atomic E-state index is 12.8. The highest BCUT2D eigenvalue weighted by molar-refractivity contribution is 7.17. The molecule has 4 heterocycles. The fraction of sp³-hybridized carbons (Fsp3) is 0.375. The molecule has 0 aliphatic carbocycles. The first-order valence-corrected chi connectivity index (χ1v) is 12.2. The van der Waals surface area contributed by atoms with Gasteiger partial charge >= 0.3 is 0 Å². The molecule has 36 heavy (non-hydrogen) atoms. The molecule has 1 aromatic carbocycles. The van der Waals surface area contributed by atoms with E-state index in [1.807, 2.05) is 12.1 Å². The van der Waals surface area contributed by atoms with Gasteiger partial charge in [-0.15, -0.1) is 5.10 Å². The van der Waals surface area contributed by atoms with Gasteiger partial charge < -0.3 is 28.6 Å². The third-order valence-corrected chi connectivity index (χ3v) is 7.33. The number of aryl methyl sites for hydroxylation is 1. The highest BCUT2D eigenvalue weighted by Gasteiger charge is 2.34. The maximum atomic E-state index is 12.8. The van der Waals surface area contributed by atoms with Crippen molar-refractivity contribution in [2.24, 2.45) is 0 Å². The summed E-state index contributed by atoms with van der Waals surface area (Å²) < 4.78 is 23.4. The number of ether oxygens (including phenoxy) is 3. The number of methoxy groups -OCH3 is 3. The minimum atomic E-state index is -0.367. The summed E-state index contributed by atoms with van der Waals surface area (Å²) in [7, 11) is 4.69. The lowest BCUT2D eigenvalue weighted by molar-refractivity contribution is 0.0567. The monoisotopic (exact) mass is 513 g/mol. The van der Waals surface area contributed by atoms with Gasteiger partial charge in [0.1, 0.15) is 5.82 Å². The van der Waals surface area contributed by atoms with E-state index < -0.39 is 0 Å². The summed E-state index contributed by atoms with van der Waals surface area (Å²) in [5.74, 6) is 2.31. The largest absolute Gasteiger partial charge is 0.493 e. The fourth-order valence-electron chi connectivity index (χ4n) is 4.55. The average Bonchev–Trinajstić information content (AvgIpc) is 3.62. The number of piperazine rings is 1. The molecule has 1 aliphatic rings. The second-order valence-electron chi connectivity index (χ2n) is 8.31. The molecule has 1 unspecified atom stereocenters. The first-order chi connectivity index (χ1) is 17.4. The van der Waals surface area contributed by atoms with Crippen molar-refractivity contribution in [2.75, 3.05) is 47.5 Å². The van der Waals surface area contributed by atoms with Crippen LogP contribution in [0, 0.1) is 6.92 Å². The van der Waals surface area contributed by atoms with Crippen LogP contribution < -0.4 is 14.2 Å². The summed E-state index contributed by atoms with van der Waals surface area (Å²) in [6, 6.07) is 6.77. The van der Waals surface area contributed by atoms with E-state index in [0.717, 1.165) is 5.56 Å². The molecule has 1 aliphatic heterocycles. The molecule has 1 N–H and O–H groups in total. The van der Waals surface area contributed by atoms with Gasteiger partial charge in [0, 0.05) is 26.2 Å². The molecule has 0 radical (unpaired) electrons. The van der Waals surface area contributed by atoms with Gasteiger partial charge in [0.25, 0.3) is 5.91 Å². The van der Waals surface area contributed by atoms with Crippen molar-refractivity contribution in [3.8, 4) is 23.1 Å². The Morgan fingerprint density at radius 3 is 2.36 bits per heavy atom. The Kier molecular flexibility index (Phi) is 6.46. The van der Waals surface area contributed by atoms with Crippen molar-refractivity contribution in [3.63, 3.8) is 0 Å². The Morgan fingerprint density at radius 1 is 1.11 bits per heavy atom. The van der Waals surface area contributed by atoms with Gasteiger partial charge in [-0.25, -0.2) is 4.98 Å². The van der Waals surface area contributed by atoms with Gasteiger partial charge in [-0.05, 0) is 36.8 Å². The van der Waals surface area contributed by atoms with Crippen molar-refractivity contribution in [1.82, 2.24) is 24.4 Å². The summed E-state index contributed by atoms with van der Waals surface area (Å²) in [5.41, 5.74) is 0.840. The lowest BCUT2D eigenvalue weighted by Crippen LogP contribution is -2.49. The topological polar surface area (TPSA) is 115 Å². The van der Waals surface area contributed by atoms with Crippen LogP contribution in [0.1, 0.15) is 32.9 Å². The minimum absolute atomic E-state index is 0.0310. The molecule has 4 aromatic rings.